The van der Waals surface area contributed by atoms with Gasteiger partial charge in [-0.25, -0.2) is 9.97 Å². The monoisotopic (exact) mass is 379 g/mol. The third-order valence-electron chi connectivity index (χ3n) is 4.89. The van der Waals surface area contributed by atoms with E-state index in [2.05, 4.69) is 25.0 Å². The molecule has 9 heteroatoms. The van der Waals surface area contributed by atoms with Gasteiger partial charge >= 0.3 is 0 Å². The van der Waals surface area contributed by atoms with Crippen LogP contribution in [-0.2, 0) is 4.79 Å². The van der Waals surface area contributed by atoms with Crippen molar-refractivity contribution in [1.82, 2.24) is 30.0 Å². The normalized spacial score (nSPS) is 14.4. The fourth-order valence-electron chi connectivity index (χ4n) is 3.38. The van der Waals surface area contributed by atoms with Crippen molar-refractivity contribution < 1.29 is 9.32 Å². The van der Waals surface area contributed by atoms with Crippen LogP contribution >= 0.6 is 0 Å². The van der Waals surface area contributed by atoms with Crippen molar-refractivity contribution in [3.8, 4) is 22.5 Å². The zero-order chi connectivity index (χ0) is 19.7. The molecule has 0 bridgehead atoms. The van der Waals surface area contributed by atoms with Crippen molar-refractivity contribution in [3.63, 3.8) is 0 Å². The maximum atomic E-state index is 11.6. The van der Waals surface area contributed by atoms with E-state index in [-0.39, 0.29) is 5.91 Å². The summed E-state index contributed by atoms with van der Waals surface area (Å²) in [5.74, 6) is 1.40. The predicted octanol–water partition coefficient (Wildman–Crippen LogP) is 1.87. The number of amides is 1. The molecule has 3 aromatic rings. The molecule has 0 spiro atoms. The van der Waals surface area contributed by atoms with Gasteiger partial charge in [-0.15, -0.1) is 0 Å². The van der Waals surface area contributed by atoms with Gasteiger partial charge < -0.3 is 14.3 Å². The second-order valence-corrected chi connectivity index (χ2v) is 6.72. The van der Waals surface area contributed by atoms with E-state index in [4.69, 9.17) is 9.51 Å². The van der Waals surface area contributed by atoms with E-state index >= 15 is 0 Å². The molecule has 0 aromatic carbocycles. The van der Waals surface area contributed by atoms with Gasteiger partial charge in [0.25, 0.3) is 0 Å². The van der Waals surface area contributed by atoms with Crippen LogP contribution in [-0.4, -0.2) is 62.1 Å². The van der Waals surface area contributed by atoms with E-state index in [1.807, 2.05) is 18.7 Å². The molecule has 0 unspecified atom stereocenters. The molecule has 3 aromatic heterocycles. The summed E-state index contributed by atoms with van der Waals surface area (Å²) < 4.78 is 5.36. The molecule has 0 aliphatic carbocycles. The van der Waals surface area contributed by atoms with Gasteiger partial charge in [0, 0.05) is 57.3 Å². The van der Waals surface area contributed by atoms with Crippen molar-refractivity contribution >= 4 is 11.9 Å². The molecule has 4 rings (SSSR count). The smallest absolute Gasteiger partial charge is 0.226 e. The molecule has 0 radical (unpaired) electrons. The van der Waals surface area contributed by atoms with Gasteiger partial charge in [-0.2, -0.15) is 0 Å². The van der Waals surface area contributed by atoms with E-state index < -0.39 is 0 Å². The number of hydrogen-bond donors (Lipinski definition) is 0. The average Bonchev–Trinajstić information content (AvgIpc) is 3.06. The molecule has 1 fully saturated rings. The molecule has 1 aliphatic rings. The topological polar surface area (TPSA) is 101 Å². The molecule has 9 nitrogen and oxygen atoms in total. The van der Waals surface area contributed by atoms with Crippen LogP contribution in [0.15, 0.2) is 29.3 Å². The SMILES string of the molecule is CC(=O)N1CCN(c2ncc(-c3cnccn3)c(-c3c(C)noc3C)n2)CC1. The van der Waals surface area contributed by atoms with E-state index in [0.29, 0.717) is 43.6 Å². The summed E-state index contributed by atoms with van der Waals surface area (Å²) in [6.45, 7) is 8.03. The Morgan fingerprint density at radius 2 is 1.86 bits per heavy atom. The fraction of sp³-hybridized carbons (Fsp3) is 0.368. The third kappa shape index (κ3) is 3.30. The maximum Gasteiger partial charge on any atom is 0.226 e. The molecular weight excluding hydrogens is 358 g/mol. The fourth-order valence-corrected chi connectivity index (χ4v) is 3.38. The lowest BCUT2D eigenvalue weighted by Gasteiger charge is -2.34. The second kappa shape index (κ2) is 7.34. The molecule has 144 valence electrons. The zero-order valence-corrected chi connectivity index (χ0v) is 16.1. The van der Waals surface area contributed by atoms with Crippen LogP contribution in [0.5, 0.6) is 0 Å². The van der Waals surface area contributed by atoms with Gasteiger partial charge in [-0.1, -0.05) is 5.16 Å². The highest BCUT2D eigenvalue weighted by atomic mass is 16.5. The minimum absolute atomic E-state index is 0.0926. The lowest BCUT2D eigenvalue weighted by atomic mass is 10.0. The molecule has 0 N–H and O–H groups in total. The summed E-state index contributed by atoms with van der Waals surface area (Å²) in [4.78, 5) is 33.5. The first-order valence-electron chi connectivity index (χ1n) is 9.11. The van der Waals surface area contributed by atoms with E-state index in [9.17, 15) is 4.79 Å². The van der Waals surface area contributed by atoms with E-state index in [0.717, 1.165) is 22.5 Å². The van der Waals surface area contributed by atoms with Crippen LogP contribution in [0.4, 0.5) is 5.95 Å². The molecule has 1 amide bonds. The summed E-state index contributed by atoms with van der Waals surface area (Å²) in [6.07, 6.45) is 6.72. The van der Waals surface area contributed by atoms with Crippen LogP contribution in [0, 0.1) is 13.8 Å². The van der Waals surface area contributed by atoms with Crippen LogP contribution in [0.2, 0.25) is 0 Å². The predicted molar refractivity (Wildman–Crippen MR) is 102 cm³/mol. The lowest BCUT2D eigenvalue weighted by molar-refractivity contribution is -0.129. The minimum Gasteiger partial charge on any atom is -0.361 e. The quantitative estimate of drug-likeness (QED) is 0.680. The Kier molecular flexibility index (Phi) is 4.72. The first kappa shape index (κ1) is 18.0. The third-order valence-corrected chi connectivity index (χ3v) is 4.89. The number of carbonyl (C=O) groups excluding carboxylic acids is 1. The lowest BCUT2D eigenvalue weighted by Crippen LogP contribution is -2.48. The van der Waals surface area contributed by atoms with Crippen LogP contribution < -0.4 is 4.90 Å². The van der Waals surface area contributed by atoms with E-state index in [1.54, 1.807) is 31.7 Å². The highest BCUT2D eigenvalue weighted by Gasteiger charge is 2.24. The maximum absolute atomic E-state index is 11.6. The number of aromatic nitrogens is 5. The van der Waals surface area contributed by atoms with Crippen molar-refractivity contribution in [2.24, 2.45) is 0 Å². The summed E-state index contributed by atoms with van der Waals surface area (Å²) in [7, 11) is 0. The van der Waals surface area contributed by atoms with Crippen LogP contribution in [0.1, 0.15) is 18.4 Å². The van der Waals surface area contributed by atoms with Crippen LogP contribution in [0.25, 0.3) is 22.5 Å². The Morgan fingerprint density at radius 3 is 2.46 bits per heavy atom. The Bertz CT molecular complexity index is 975. The molecule has 1 aliphatic heterocycles. The first-order valence-corrected chi connectivity index (χ1v) is 9.11. The van der Waals surface area contributed by atoms with Crippen molar-refractivity contribution in [3.05, 3.63) is 36.2 Å². The van der Waals surface area contributed by atoms with Gasteiger partial charge in [-0.3, -0.25) is 14.8 Å². The van der Waals surface area contributed by atoms with Gasteiger partial charge in [-0.05, 0) is 13.8 Å². The van der Waals surface area contributed by atoms with Gasteiger partial charge in [0.1, 0.15) is 5.76 Å². The number of aryl methyl sites for hydroxylation is 2. The Hall–Kier alpha value is -3.36. The van der Waals surface area contributed by atoms with Gasteiger partial charge in [0.05, 0.1) is 28.8 Å². The summed E-state index contributed by atoms with van der Waals surface area (Å²) in [6, 6.07) is 0. The number of anilines is 1. The molecule has 1 saturated heterocycles. The van der Waals surface area contributed by atoms with Crippen molar-refractivity contribution in [2.75, 3.05) is 31.1 Å². The zero-order valence-electron chi connectivity index (χ0n) is 16.1. The van der Waals surface area contributed by atoms with Crippen molar-refractivity contribution in [1.29, 1.82) is 0 Å². The second-order valence-electron chi connectivity index (χ2n) is 6.72. The average molecular weight is 379 g/mol. The number of nitrogens with zero attached hydrogens (tertiary/aromatic N) is 7. The molecule has 4 heterocycles. The number of hydrogen-bond acceptors (Lipinski definition) is 8. The molecule has 0 atom stereocenters. The standard InChI is InChI=1S/C19H21N7O2/c1-12-17(13(2)28-24-12)18-15(16-11-20-4-5-21-16)10-22-19(23-18)26-8-6-25(7-9-26)14(3)27/h4-5,10-11H,6-9H2,1-3H3. The Labute approximate surface area is 162 Å². The summed E-state index contributed by atoms with van der Waals surface area (Å²) in [5.41, 5.74) is 3.77. The first-order chi connectivity index (χ1) is 13.5. The highest BCUT2D eigenvalue weighted by Crippen LogP contribution is 2.34. The van der Waals surface area contributed by atoms with Crippen LogP contribution in [0.3, 0.4) is 0 Å². The van der Waals surface area contributed by atoms with Gasteiger partial charge in [0.15, 0.2) is 0 Å². The van der Waals surface area contributed by atoms with Crippen molar-refractivity contribution in [2.45, 2.75) is 20.8 Å². The largest absolute Gasteiger partial charge is 0.361 e. The number of rotatable bonds is 3. The summed E-state index contributed by atoms with van der Waals surface area (Å²) in [5, 5.41) is 4.07. The molecular formula is C19H21N7O2. The van der Waals surface area contributed by atoms with Gasteiger partial charge in [0.2, 0.25) is 11.9 Å². The molecule has 28 heavy (non-hydrogen) atoms. The van der Waals surface area contributed by atoms with E-state index in [1.165, 1.54) is 0 Å². The minimum atomic E-state index is 0.0926. The number of carbonyl (C=O) groups is 1. The molecule has 0 saturated carbocycles. The number of piperazine rings is 1. The Morgan fingerprint density at radius 1 is 1.07 bits per heavy atom. The summed E-state index contributed by atoms with van der Waals surface area (Å²) >= 11 is 0. The highest BCUT2D eigenvalue weighted by molar-refractivity contribution is 5.81. The Balaban J connectivity index is 1.76.